The Morgan fingerprint density at radius 2 is 1.82 bits per heavy atom. The van der Waals surface area contributed by atoms with Gasteiger partial charge in [-0.1, -0.05) is 0 Å². The summed E-state index contributed by atoms with van der Waals surface area (Å²) in [5, 5.41) is 5.35. The Hall–Kier alpha value is -1.72. The van der Waals surface area contributed by atoms with Crippen LogP contribution in [0.1, 0.15) is 19.4 Å². The Kier molecular flexibility index (Phi) is 2.34. The molecule has 3 nitrogen and oxygen atoms in total. The van der Waals surface area contributed by atoms with Crippen LogP contribution >= 0.6 is 0 Å². The van der Waals surface area contributed by atoms with Gasteiger partial charge in [0.15, 0.2) is 0 Å². The molecule has 0 radical (unpaired) electrons. The van der Waals surface area contributed by atoms with Crippen molar-refractivity contribution in [2.75, 3.05) is 10.6 Å². The van der Waals surface area contributed by atoms with Crippen LogP contribution in [-0.4, -0.2) is 11.4 Å². The van der Waals surface area contributed by atoms with Crippen molar-refractivity contribution in [3.63, 3.8) is 0 Å². The number of alkyl halides is 3. The van der Waals surface area contributed by atoms with Gasteiger partial charge in [-0.2, -0.15) is 13.2 Å². The number of anilines is 2. The normalized spacial score (nSPS) is 18.1. The molecule has 92 valence electrons. The molecule has 0 aliphatic carbocycles. The summed E-state index contributed by atoms with van der Waals surface area (Å²) in [5.74, 6) is -0.357. The molecule has 0 spiro atoms. The minimum absolute atomic E-state index is 0.157. The first kappa shape index (κ1) is 11.8. The second-order valence-electron chi connectivity index (χ2n) is 4.46. The number of fused-ring (bicyclic) bond motifs is 1. The predicted octanol–water partition coefficient (Wildman–Crippen LogP) is 2.85. The van der Waals surface area contributed by atoms with Crippen molar-refractivity contribution >= 4 is 17.3 Å². The third-order valence-electron chi connectivity index (χ3n) is 2.61. The number of rotatable bonds is 0. The van der Waals surface area contributed by atoms with E-state index in [2.05, 4.69) is 10.6 Å². The lowest BCUT2D eigenvalue weighted by molar-refractivity contribution is -0.137. The highest BCUT2D eigenvalue weighted by Gasteiger charge is 2.35. The monoisotopic (exact) mass is 244 g/mol. The van der Waals surface area contributed by atoms with Gasteiger partial charge >= 0.3 is 6.18 Å². The molecule has 2 N–H and O–H groups in total. The molecule has 1 heterocycles. The van der Waals surface area contributed by atoms with Gasteiger partial charge in [0.2, 0.25) is 5.91 Å². The largest absolute Gasteiger partial charge is 0.416 e. The summed E-state index contributed by atoms with van der Waals surface area (Å²) in [6, 6.07) is 3.23. The van der Waals surface area contributed by atoms with E-state index in [1.54, 1.807) is 13.8 Å². The second kappa shape index (κ2) is 3.38. The van der Waals surface area contributed by atoms with Gasteiger partial charge in [-0.3, -0.25) is 4.79 Å². The number of benzene rings is 1. The molecule has 0 saturated carbocycles. The molecule has 1 aliphatic heterocycles. The average Bonchev–Trinajstić information content (AvgIpc) is 2.17. The van der Waals surface area contributed by atoms with E-state index in [0.717, 1.165) is 12.1 Å². The standard InChI is InChI=1S/C11H11F3N2O/c1-10(2)9(17)15-8-5-6(11(12,13)14)3-4-7(8)16-10/h3-5,16H,1-2H3,(H,15,17). The molecule has 1 aromatic rings. The molecule has 0 fully saturated rings. The average molecular weight is 244 g/mol. The lowest BCUT2D eigenvalue weighted by Crippen LogP contribution is -2.47. The molecule has 0 unspecified atom stereocenters. The van der Waals surface area contributed by atoms with E-state index >= 15 is 0 Å². The molecule has 1 aliphatic rings. The van der Waals surface area contributed by atoms with Crippen LogP contribution in [0.5, 0.6) is 0 Å². The first-order chi connectivity index (χ1) is 7.70. The minimum atomic E-state index is -4.41. The van der Waals surface area contributed by atoms with Crippen molar-refractivity contribution < 1.29 is 18.0 Å². The Balaban J connectivity index is 2.43. The highest BCUT2D eigenvalue weighted by Crippen LogP contribution is 2.37. The van der Waals surface area contributed by atoms with Crippen molar-refractivity contribution in [3.05, 3.63) is 23.8 Å². The van der Waals surface area contributed by atoms with Gasteiger partial charge in [0.1, 0.15) is 5.54 Å². The summed E-state index contributed by atoms with van der Waals surface area (Å²) in [4.78, 5) is 11.6. The third kappa shape index (κ3) is 2.07. The SMILES string of the molecule is CC1(C)Nc2ccc(C(F)(F)F)cc2NC1=O. The lowest BCUT2D eigenvalue weighted by atomic mass is 9.99. The van der Waals surface area contributed by atoms with Crippen molar-refractivity contribution in [3.8, 4) is 0 Å². The topological polar surface area (TPSA) is 41.1 Å². The van der Waals surface area contributed by atoms with Crippen LogP contribution in [0.15, 0.2) is 18.2 Å². The van der Waals surface area contributed by atoms with E-state index in [9.17, 15) is 18.0 Å². The Labute approximate surface area is 96.0 Å². The van der Waals surface area contributed by atoms with Gasteiger partial charge in [0.05, 0.1) is 16.9 Å². The second-order valence-corrected chi connectivity index (χ2v) is 4.46. The van der Waals surface area contributed by atoms with Crippen molar-refractivity contribution in [2.45, 2.75) is 25.6 Å². The van der Waals surface area contributed by atoms with Crippen molar-refractivity contribution in [1.82, 2.24) is 0 Å². The molecule has 1 aromatic carbocycles. The molecule has 0 saturated heterocycles. The van der Waals surface area contributed by atoms with Crippen LogP contribution in [0.4, 0.5) is 24.5 Å². The first-order valence-electron chi connectivity index (χ1n) is 5.01. The van der Waals surface area contributed by atoms with Crippen LogP contribution in [0, 0.1) is 0 Å². The number of carbonyl (C=O) groups excluding carboxylic acids is 1. The van der Waals surface area contributed by atoms with Gasteiger partial charge in [-0.15, -0.1) is 0 Å². The number of hydrogen-bond donors (Lipinski definition) is 2. The number of halogens is 3. The fourth-order valence-electron chi connectivity index (χ4n) is 1.61. The van der Waals surface area contributed by atoms with Gasteiger partial charge in [0.25, 0.3) is 0 Å². The van der Waals surface area contributed by atoms with E-state index in [4.69, 9.17) is 0 Å². The zero-order valence-corrected chi connectivity index (χ0v) is 9.27. The smallest absolute Gasteiger partial charge is 0.370 e. The lowest BCUT2D eigenvalue weighted by Gasteiger charge is -2.33. The fourth-order valence-corrected chi connectivity index (χ4v) is 1.61. The van der Waals surface area contributed by atoms with Crippen LogP contribution < -0.4 is 10.6 Å². The van der Waals surface area contributed by atoms with Crippen LogP contribution in [0.25, 0.3) is 0 Å². The molecule has 1 amide bonds. The Morgan fingerprint density at radius 1 is 1.18 bits per heavy atom. The maximum Gasteiger partial charge on any atom is 0.416 e. The zero-order chi connectivity index (χ0) is 12.8. The molecule has 17 heavy (non-hydrogen) atoms. The maximum atomic E-state index is 12.5. The fraction of sp³-hybridized carbons (Fsp3) is 0.364. The molecule has 2 rings (SSSR count). The summed E-state index contributed by atoms with van der Waals surface area (Å²) in [7, 11) is 0. The molecule has 0 aromatic heterocycles. The number of amides is 1. The van der Waals surface area contributed by atoms with Crippen molar-refractivity contribution in [2.24, 2.45) is 0 Å². The number of carbonyl (C=O) groups is 1. The van der Waals surface area contributed by atoms with Gasteiger partial charge in [-0.25, -0.2) is 0 Å². The van der Waals surface area contributed by atoms with Crippen LogP contribution in [0.3, 0.4) is 0 Å². The van der Waals surface area contributed by atoms with E-state index in [-0.39, 0.29) is 11.6 Å². The summed E-state index contributed by atoms with van der Waals surface area (Å²) in [6.07, 6.45) is -4.41. The summed E-state index contributed by atoms with van der Waals surface area (Å²) >= 11 is 0. The van der Waals surface area contributed by atoms with Gasteiger partial charge in [0, 0.05) is 0 Å². The first-order valence-corrected chi connectivity index (χ1v) is 5.01. The van der Waals surface area contributed by atoms with E-state index < -0.39 is 17.3 Å². The van der Waals surface area contributed by atoms with Crippen molar-refractivity contribution in [1.29, 1.82) is 0 Å². The predicted molar refractivity (Wildman–Crippen MR) is 57.8 cm³/mol. The third-order valence-corrected chi connectivity index (χ3v) is 2.61. The maximum absolute atomic E-state index is 12.5. The molecular weight excluding hydrogens is 233 g/mol. The van der Waals surface area contributed by atoms with Crippen LogP contribution in [0.2, 0.25) is 0 Å². The molecular formula is C11H11F3N2O. The quantitative estimate of drug-likeness (QED) is 0.736. The van der Waals surface area contributed by atoms with Gasteiger partial charge < -0.3 is 10.6 Å². The summed E-state index contributed by atoms with van der Waals surface area (Å²) in [5.41, 5.74) is -0.961. The van der Waals surface area contributed by atoms with Crippen LogP contribution in [-0.2, 0) is 11.0 Å². The van der Waals surface area contributed by atoms with E-state index in [1.165, 1.54) is 6.07 Å². The van der Waals surface area contributed by atoms with E-state index in [1.807, 2.05) is 0 Å². The van der Waals surface area contributed by atoms with Gasteiger partial charge in [-0.05, 0) is 32.0 Å². The van der Waals surface area contributed by atoms with E-state index in [0.29, 0.717) is 5.69 Å². The highest BCUT2D eigenvalue weighted by atomic mass is 19.4. The Morgan fingerprint density at radius 3 is 2.41 bits per heavy atom. The zero-order valence-electron chi connectivity index (χ0n) is 9.27. The summed E-state index contributed by atoms with van der Waals surface area (Å²) < 4.78 is 37.4. The molecule has 0 bridgehead atoms. The molecule has 0 atom stereocenters. The summed E-state index contributed by atoms with van der Waals surface area (Å²) in [6.45, 7) is 3.31. The minimum Gasteiger partial charge on any atom is -0.370 e. The Bertz CT molecular complexity index is 480. The number of hydrogen-bond acceptors (Lipinski definition) is 2. The molecule has 6 heteroatoms. The number of nitrogens with one attached hydrogen (secondary N) is 2. The highest BCUT2D eigenvalue weighted by molar-refractivity contribution is 6.05.